The smallest absolute Gasteiger partial charge is 0.308 e. The van der Waals surface area contributed by atoms with E-state index in [1.165, 1.54) is 6.07 Å². The maximum Gasteiger partial charge on any atom is 0.308 e. The first-order chi connectivity index (χ1) is 8.28. The molecule has 0 saturated carbocycles. The molecule has 1 aromatic carbocycles. The molecule has 0 amide bonds. The molecule has 0 aliphatic heterocycles. The van der Waals surface area contributed by atoms with Crippen molar-refractivity contribution in [2.45, 2.75) is 32.8 Å². The van der Waals surface area contributed by atoms with Gasteiger partial charge in [-0.2, -0.15) is 0 Å². The summed E-state index contributed by atoms with van der Waals surface area (Å²) >= 11 is 0. The number of halogens is 2. The molecule has 1 N–H and O–H groups in total. The van der Waals surface area contributed by atoms with Crippen LogP contribution in [0.25, 0.3) is 0 Å². The molecule has 0 spiro atoms. The third kappa shape index (κ3) is 5.12. The summed E-state index contributed by atoms with van der Waals surface area (Å²) in [4.78, 5) is 11.4. The lowest BCUT2D eigenvalue weighted by Gasteiger charge is -2.19. The Bertz CT molecular complexity index is 427. The number of carbonyl (C=O) groups is 1. The summed E-state index contributed by atoms with van der Waals surface area (Å²) in [5, 5.41) is 2.71. The van der Waals surface area contributed by atoms with E-state index in [0.717, 1.165) is 12.1 Å². The van der Waals surface area contributed by atoms with Gasteiger partial charge in [0.15, 0.2) is 0 Å². The second-order valence-corrected chi connectivity index (χ2v) is 4.89. The van der Waals surface area contributed by atoms with Crippen LogP contribution in [0.4, 0.5) is 14.5 Å². The molecule has 0 fully saturated rings. The molecular weight excluding hydrogens is 240 g/mol. The standard InChI is InChI=1S/C13H17F2NO2/c1-13(2,3)18-12(17)6-7-16-11-5-4-9(14)8-10(11)15/h4-5,8,16H,6-7H2,1-3H3. The zero-order valence-electron chi connectivity index (χ0n) is 10.7. The van der Waals surface area contributed by atoms with Gasteiger partial charge >= 0.3 is 5.97 Å². The van der Waals surface area contributed by atoms with Crippen LogP contribution in [0.3, 0.4) is 0 Å². The molecule has 0 atom stereocenters. The number of carbonyl (C=O) groups excluding carboxylic acids is 1. The fourth-order valence-electron chi connectivity index (χ4n) is 1.32. The van der Waals surface area contributed by atoms with E-state index in [2.05, 4.69) is 5.32 Å². The van der Waals surface area contributed by atoms with Gasteiger partial charge in [0.2, 0.25) is 0 Å². The molecule has 0 aliphatic rings. The lowest BCUT2D eigenvalue weighted by Crippen LogP contribution is -2.25. The van der Waals surface area contributed by atoms with Crippen molar-refractivity contribution in [3.63, 3.8) is 0 Å². The second kappa shape index (κ2) is 5.80. The normalized spacial score (nSPS) is 11.2. The van der Waals surface area contributed by atoms with Crippen LogP contribution in [0, 0.1) is 11.6 Å². The highest BCUT2D eigenvalue weighted by molar-refractivity contribution is 5.70. The van der Waals surface area contributed by atoms with Gasteiger partial charge in [0.1, 0.15) is 17.2 Å². The zero-order valence-corrected chi connectivity index (χ0v) is 10.7. The first-order valence-corrected chi connectivity index (χ1v) is 5.69. The highest BCUT2D eigenvalue weighted by atomic mass is 19.1. The highest BCUT2D eigenvalue weighted by Gasteiger charge is 2.15. The maximum atomic E-state index is 13.2. The number of hydrogen-bond donors (Lipinski definition) is 1. The highest BCUT2D eigenvalue weighted by Crippen LogP contribution is 2.15. The number of ether oxygens (including phenoxy) is 1. The molecule has 0 saturated heterocycles. The Balaban J connectivity index is 2.40. The van der Waals surface area contributed by atoms with Gasteiger partial charge in [0, 0.05) is 12.6 Å². The summed E-state index contributed by atoms with van der Waals surface area (Å²) in [5.41, 5.74) is -0.363. The molecule has 1 aromatic rings. The van der Waals surface area contributed by atoms with Crippen molar-refractivity contribution in [3.8, 4) is 0 Å². The van der Waals surface area contributed by atoms with Crippen molar-refractivity contribution in [1.82, 2.24) is 0 Å². The monoisotopic (exact) mass is 257 g/mol. The third-order valence-corrected chi connectivity index (χ3v) is 2.00. The van der Waals surface area contributed by atoms with Gasteiger partial charge in [0.25, 0.3) is 0 Å². The van der Waals surface area contributed by atoms with Crippen LogP contribution in [-0.2, 0) is 9.53 Å². The minimum atomic E-state index is -0.681. The van der Waals surface area contributed by atoms with Crippen LogP contribution >= 0.6 is 0 Å². The number of esters is 1. The van der Waals surface area contributed by atoms with Gasteiger partial charge in [-0.05, 0) is 32.9 Å². The maximum absolute atomic E-state index is 13.2. The fourth-order valence-corrected chi connectivity index (χ4v) is 1.32. The van der Waals surface area contributed by atoms with E-state index in [9.17, 15) is 13.6 Å². The first kappa shape index (κ1) is 14.4. The van der Waals surface area contributed by atoms with Crippen molar-refractivity contribution in [2.75, 3.05) is 11.9 Å². The van der Waals surface area contributed by atoms with Crippen LogP contribution in [0.2, 0.25) is 0 Å². The van der Waals surface area contributed by atoms with Gasteiger partial charge in [-0.3, -0.25) is 4.79 Å². The van der Waals surface area contributed by atoms with Crippen LogP contribution in [-0.4, -0.2) is 18.1 Å². The Morgan fingerprint density at radius 1 is 1.33 bits per heavy atom. The lowest BCUT2D eigenvalue weighted by molar-refractivity contribution is -0.154. The number of rotatable bonds is 4. The quantitative estimate of drug-likeness (QED) is 0.842. The van der Waals surface area contributed by atoms with Gasteiger partial charge in [-0.15, -0.1) is 0 Å². The second-order valence-electron chi connectivity index (χ2n) is 4.89. The van der Waals surface area contributed by atoms with Crippen molar-refractivity contribution in [2.24, 2.45) is 0 Å². The summed E-state index contributed by atoms with van der Waals surface area (Å²) in [6.07, 6.45) is 0.119. The molecule has 0 heterocycles. The molecule has 5 heteroatoms. The van der Waals surface area contributed by atoms with Crippen molar-refractivity contribution < 1.29 is 18.3 Å². The van der Waals surface area contributed by atoms with Gasteiger partial charge in [0.05, 0.1) is 12.1 Å². The topological polar surface area (TPSA) is 38.3 Å². The Kier molecular flexibility index (Phi) is 4.64. The fraction of sp³-hybridized carbons (Fsp3) is 0.462. The van der Waals surface area contributed by atoms with Gasteiger partial charge in [-0.1, -0.05) is 0 Å². The molecule has 3 nitrogen and oxygen atoms in total. The molecule has 0 unspecified atom stereocenters. The predicted octanol–water partition coefficient (Wildman–Crippen LogP) is 3.11. The SMILES string of the molecule is CC(C)(C)OC(=O)CCNc1ccc(F)cc1F. The van der Waals surface area contributed by atoms with E-state index < -0.39 is 17.2 Å². The Morgan fingerprint density at radius 2 is 2.00 bits per heavy atom. The van der Waals surface area contributed by atoms with Crippen LogP contribution < -0.4 is 5.32 Å². The average molecular weight is 257 g/mol. The Hall–Kier alpha value is -1.65. The predicted molar refractivity (Wildman–Crippen MR) is 65.3 cm³/mol. The third-order valence-electron chi connectivity index (χ3n) is 2.00. The molecule has 100 valence electrons. The average Bonchev–Trinajstić information content (AvgIpc) is 2.18. The summed E-state index contributed by atoms with van der Waals surface area (Å²) in [7, 11) is 0. The van der Waals surface area contributed by atoms with Crippen LogP contribution in [0.1, 0.15) is 27.2 Å². The van der Waals surface area contributed by atoms with Gasteiger partial charge < -0.3 is 10.1 Å². The largest absolute Gasteiger partial charge is 0.460 e. The molecule has 18 heavy (non-hydrogen) atoms. The van der Waals surface area contributed by atoms with E-state index in [-0.39, 0.29) is 24.6 Å². The van der Waals surface area contributed by atoms with Gasteiger partial charge in [-0.25, -0.2) is 8.78 Å². The molecule has 0 bridgehead atoms. The van der Waals surface area contributed by atoms with Crippen molar-refractivity contribution >= 4 is 11.7 Å². The first-order valence-electron chi connectivity index (χ1n) is 5.69. The number of anilines is 1. The summed E-state index contributed by atoms with van der Waals surface area (Å²) in [6.45, 7) is 5.56. The van der Waals surface area contributed by atoms with Crippen LogP contribution in [0.5, 0.6) is 0 Å². The summed E-state index contributed by atoms with van der Waals surface area (Å²) in [5.74, 6) is -1.68. The molecule has 1 rings (SSSR count). The minimum Gasteiger partial charge on any atom is -0.460 e. The van der Waals surface area contributed by atoms with E-state index >= 15 is 0 Å². The van der Waals surface area contributed by atoms with E-state index in [0.29, 0.717) is 0 Å². The molecule has 0 aliphatic carbocycles. The Labute approximate surface area is 105 Å². The lowest BCUT2D eigenvalue weighted by atomic mass is 10.2. The van der Waals surface area contributed by atoms with E-state index in [4.69, 9.17) is 4.74 Å². The number of benzene rings is 1. The van der Waals surface area contributed by atoms with Crippen LogP contribution in [0.15, 0.2) is 18.2 Å². The zero-order chi connectivity index (χ0) is 13.8. The van der Waals surface area contributed by atoms with E-state index in [1.807, 2.05) is 0 Å². The van der Waals surface area contributed by atoms with Crippen molar-refractivity contribution in [1.29, 1.82) is 0 Å². The number of nitrogens with one attached hydrogen (secondary N) is 1. The van der Waals surface area contributed by atoms with Crippen molar-refractivity contribution in [3.05, 3.63) is 29.8 Å². The number of hydrogen-bond acceptors (Lipinski definition) is 3. The summed E-state index contributed by atoms with van der Waals surface area (Å²) < 4.78 is 31.0. The molecular formula is C13H17F2NO2. The Morgan fingerprint density at radius 3 is 2.56 bits per heavy atom. The minimum absolute atomic E-state index is 0.119. The summed E-state index contributed by atoms with van der Waals surface area (Å²) in [6, 6.07) is 3.23. The molecule has 0 radical (unpaired) electrons. The van der Waals surface area contributed by atoms with E-state index in [1.54, 1.807) is 20.8 Å². The molecule has 0 aromatic heterocycles.